The Kier molecular flexibility index (Phi) is 3.79. The number of hydrogen-bond donors (Lipinski definition) is 0. The van der Waals surface area contributed by atoms with Crippen LogP contribution in [0.2, 0.25) is 0 Å². The molecule has 0 atom stereocenters. The highest BCUT2D eigenvalue weighted by Gasteiger charge is 2.11. The average Bonchev–Trinajstić information content (AvgIpc) is 3.09. The van der Waals surface area contributed by atoms with Crippen molar-refractivity contribution in [2.45, 2.75) is 6.42 Å². The first-order valence-corrected chi connectivity index (χ1v) is 8.67. The highest BCUT2D eigenvalue weighted by molar-refractivity contribution is 5.79. The van der Waals surface area contributed by atoms with Crippen molar-refractivity contribution in [3.8, 4) is 11.3 Å². The van der Waals surface area contributed by atoms with E-state index in [-0.39, 0.29) is 0 Å². The maximum Gasteiger partial charge on any atom is 0.177 e. The van der Waals surface area contributed by atoms with E-state index in [1.165, 1.54) is 12.1 Å². The van der Waals surface area contributed by atoms with Gasteiger partial charge < -0.3 is 0 Å². The maximum atomic E-state index is 13.6. The zero-order valence-corrected chi connectivity index (χ0v) is 14.5. The molecule has 28 heavy (non-hydrogen) atoms. The second-order valence-corrected chi connectivity index (χ2v) is 6.47. The topological polar surface area (TPSA) is 56.0 Å². The van der Waals surface area contributed by atoms with Gasteiger partial charge >= 0.3 is 0 Å². The third-order valence-corrected chi connectivity index (χ3v) is 4.52. The molecule has 0 aliphatic heterocycles. The Morgan fingerprint density at radius 1 is 0.857 bits per heavy atom. The normalized spacial score (nSPS) is 11.4. The van der Waals surface area contributed by atoms with E-state index >= 15 is 0 Å². The van der Waals surface area contributed by atoms with E-state index in [2.05, 4.69) is 26.3 Å². The van der Waals surface area contributed by atoms with Crippen molar-refractivity contribution in [3.63, 3.8) is 0 Å². The third-order valence-electron chi connectivity index (χ3n) is 4.52. The molecule has 7 heteroatoms. The number of pyridine rings is 1. The Morgan fingerprint density at radius 2 is 1.71 bits per heavy atom. The molecule has 5 aromatic rings. The van der Waals surface area contributed by atoms with Gasteiger partial charge in [-0.15, -0.1) is 10.2 Å². The van der Waals surface area contributed by atoms with Gasteiger partial charge in [-0.1, -0.05) is 12.1 Å². The summed E-state index contributed by atoms with van der Waals surface area (Å²) in [6, 6.07) is 16.6. The van der Waals surface area contributed by atoms with Crippen molar-refractivity contribution < 1.29 is 8.78 Å². The number of hydrogen-bond acceptors (Lipinski definition) is 4. The number of halogens is 2. The summed E-state index contributed by atoms with van der Waals surface area (Å²) in [5, 5.41) is 13.9. The molecular weight excluding hydrogens is 360 g/mol. The minimum absolute atomic E-state index is 0.357. The fraction of sp³-hybridized carbons (Fsp3) is 0.0476. The van der Waals surface area contributed by atoms with Crippen molar-refractivity contribution in [2.75, 3.05) is 0 Å². The first-order chi connectivity index (χ1) is 13.7. The van der Waals surface area contributed by atoms with Crippen LogP contribution in [-0.4, -0.2) is 24.8 Å². The van der Waals surface area contributed by atoms with Gasteiger partial charge in [0.2, 0.25) is 0 Å². The van der Waals surface area contributed by atoms with Crippen LogP contribution in [0.25, 0.3) is 27.8 Å². The predicted octanol–water partition coefficient (Wildman–Crippen LogP) is 4.21. The van der Waals surface area contributed by atoms with Crippen LogP contribution in [0, 0.1) is 11.6 Å². The molecule has 3 heterocycles. The lowest BCUT2D eigenvalue weighted by molar-refractivity contribution is 0.584. The molecule has 0 saturated carbocycles. The molecule has 136 valence electrons. The lowest BCUT2D eigenvalue weighted by Crippen LogP contribution is -2.02. The molecule has 3 aromatic heterocycles. The van der Waals surface area contributed by atoms with Crippen molar-refractivity contribution in [1.29, 1.82) is 0 Å². The summed E-state index contributed by atoms with van der Waals surface area (Å²) >= 11 is 0. The summed E-state index contributed by atoms with van der Waals surface area (Å²) in [5.41, 5.74) is 3.33. The Bertz CT molecular complexity index is 1310. The molecule has 0 aliphatic carbocycles. The largest absolute Gasteiger partial charge is 0.256 e. The van der Waals surface area contributed by atoms with E-state index < -0.39 is 11.6 Å². The van der Waals surface area contributed by atoms with Crippen LogP contribution in [0.15, 0.2) is 66.9 Å². The summed E-state index contributed by atoms with van der Waals surface area (Å²) in [5.74, 6) is -0.659. The average molecular weight is 373 g/mol. The number of benzene rings is 2. The summed E-state index contributed by atoms with van der Waals surface area (Å²) in [4.78, 5) is 4.32. The van der Waals surface area contributed by atoms with Crippen LogP contribution in [0.5, 0.6) is 0 Å². The van der Waals surface area contributed by atoms with Crippen LogP contribution in [-0.2, 0) is 6.42 Å². The fourth-order valence-corrected chi connectivity index (χ4v) is 3.22. The molecule has 5 rings (SSSR count). The summed E-state index contributed by atoms with van der Waals surface area (Å²) in [6.45, 7) is 0. The third kappa shape index (κ3) is 2.96. The SMILES string of the molecule is Fc1cc(F)cc(-c2ccc3nnc(Cc4ccc5ncccc5c4)n3n2)c1. The van der Waals surface area contributed by atoms with Gasteiger partial charge in [0.25, 0.3) is 0 Å². The van der Waals surface area contributed by atoms with Gasteiger partial charge in [0, 0.05) is 29.6 Å². The Morgan fingerprint density at radius 3 is 2.57 bits per heavy atom. The zero-order chi connectivity index (χ0) is 19.1. The van der Waals surface area contributed by atoms with Crippen LogP contribution >= 0.6 is 0 Å². The molecule has 0 radical (unpaired) electrons. The van der Waals surface area contributed by atoms with Gasteiger partial charge in [-0.25, -0.2) is 8.78 Å². The molecular formula is C21H13F2N5. The van der Waals surface area contributed by atoms with Crippen molar-refractivity contribution in [1.82, 2.24) is 24.8 Å². The van der Waals surface area contributed by atoms with E-state index in [4.69, 9.17) is 0 Å². The molecule has 2 aromatic carbocycles. The second-order valence-electron chi connectivity index (χ2n) is 6.47. The molecule has 0 N–H and O–H groups in total. The first kappa shape index (κ1) is 16.4. The highest BCUT2D eigenvalue weighted by Crippen LogP contribution is 2.21. The quantitative estimate of drug-likeness (QED) is 0.475. The minimum atomic E-state index is -0.648. The maximum absolute atomic E-state index is 13.6. The first-order valence-electron chi connectivity index (χ1n) is 8.67. The van der Waals surface area contributed by atoms with Gasteiger partial charge in [0.1, 0.15) is 11.6 Å². The van der Waals surface area contributed by atoms with Crippen LogP contribution < -0.4 is 0 Å². The standard InChI is InChI=1S/C21H13F2N5/c22-16-10-15(11-17(23)12-16)19-5-6-20-25-26-21(28(20)27-19)9-13-3-4-18-14(8-13)2-1-7-24-18/h1-8,10-12H,9H2. The van der Waals surface area contributed by atoms with Gasteiger partial charge in [-0.3, -0.25) is 4.98 Å². The molecule has 0 fully saturated rings. The van der Waals surface area contributed by atoms with Crippen molar-refractivity contribution in [3.05, 3.63) is 89.9 Å². The molecule has 0 spiro atoms. The van der Waals surface area contributed by atoms with Crippen LogP contribution in [0.3, 0.4) is 0 Å². The fourth-order valence-electron chi connectivity index (χ4n) is 3.22. The lowest BCUT2D eigenvalue weighted by atomic mass is 10.1. The Labute approximate surface area is 158 Å². The number of nitrogens with zero attached hydrogens (tertiary/aromatic N) is 5. The van der Waals surface area contributed by atoms with Gasteiger partial charge in [-0.2, -0.15) is 9.61 Å². The summed E-state index contributed by atoms with van der Waals surface area (Å²) in [7, 11) is 0. The molecule has 0 unspecified atom stereocenters. The summed E-state index contributed by atoms with van der Waals surface area (Å²) < 4.78 is 28.7. The number of rotatable bonds is 3. The molecule has 0 amide bonds. The number of fused-ring (bicyclic) bond motifs is 2. The smallest absolute Gasteiger partial charge is 0.177 e. The van der Waals surface area contributed by atoms with E-state index in [1.807, 2.05) is 24.3 Å². The van der Waals surface area contributed by atoms with Crippen LogP contribution in [0.1, 0.15) is 11.4 Å². The monoisotopic (exact) mass is 373 g/mol. The number of aromatic nitrogens is 5. The molecule has 5 nitrogen and oxygen atoms in total. The predicted molar refractivity (Wildman–Crippen MR) is 101 cm³/mol. The molecule has 0 saturated heterocycles. The van der Waals surface area contributed by atoms with Crippen molar-refractivity contribution in [2.24, 2.45) is 0 Å². The highest BCUT2D eigenvalue weighted by atomic mass is 19.1. The zero-order valence-electron chi connectivity index (χ0n) is 14.5. The summed E-state index contributed by atoms with van der Waals surface area (Å²) in [6.07, 6.45) is 2.27. The molecule has 0 bridgehead atoms. The van der Waals surface area contributed by atoms with Crippen LogP contribution in [0.4, 0.5) is 8.78 Å². The van der Waals surface area contributed by atoms with E-state index in [9.17, 15) is 8.78 Å². The van der Waals surface area contributed by atoms with E-state index in [1.54, 1.807) is 22.8 Å². The van der Waals surface area contributed by atoms with Gasteiger partial charge in [0.05, 0.1) is 11.2 Å². The minimum Gasteiger partial charge on any atom is -0.256 e. The van der Waals surface area contributed by atoms with Gasteiger partial charge in [0.15, 0.2) is 11.5 Å². The second kappa shape index (κ2) is 6.45. The van der Waals surface area contributed by atoms with E-state index in [0.29, 0.717) is 29.1 Å². The van der Waals surface area contributed by atoms with E-state index in [0.717, 1.165) is 22.5 Å². The van der Waals surface area contributed by atoms with Gasteiger partial charge in [-0.05, 0) is 48.0 Å². The lowest BCUT2D eigenvalue weighted by Gasteiger charge is -2.05. The van der Waals surface area contributed by atoms with Crippen molar-refractivity contribution >= 4 is 16.6 Å². The Balaban J connectivity index is 1.55. The molecule has 0 aliphatic rings. The Hall–Kier alpha value is -3.74.